The maximum Gasteiger partial charge on any atom is 0.221 e. The van der Waals surface area contributed by atoms with E-state index in [-0.39, 0.29) is 11.4 Å². The lowest BCUT2D eigenvalue weighted by atomic mass is 10.1. The molecule has 106 valence electrons. The van der Waals surface area contributed by atoms with Crippen molar-refractivity contribution < 1.29 is 4.79 Å². The van der Waals surface area contributed by atoms with Crippen LogP contribution in [0.15, 0.2) is 35.2 Å². The van der Waals surface area contributed by atoms with E-state index in [2.05, 4.69) is 22.8 Å². The van der Waals surface area contributed by atoms with Crippen molar-refractivity contribution in [1.29, 1.82) is 0 Å². The Morgan fingerprint density at radius 2 is 1.84 bits per heavy atom. The van der Waals surface area contributed by atoms with Gasteiger partial charge in [-0.05, 0) is 32.9 Å². The monoisotopic (exact) mass is 280 g/mol. The Hall–Kier alpha value is -1.00. The third-order valence-corrected chi connectivity index (χ3v) is 3.35. The summed E-state index contributed by atoms with van der Waals surface area (Å²) in [5, 5.41) is 6.24. The summed E-state index contributed by atoms with van der Waals surface area (Å²) in [6.45, 7) is 7.64. The van der Waals surface area contributed by atoms with E-state index >= 15 is 0 Å². The van der Waals surface area contributed by atoms with Crippen molar-refractivity contribution >= 4 is 17.7 Å². The number of hydrogen-bond donors (Lipinski definition) is 2. The summed E-state index contributed by atoms with van der Waals surface area (Å²) >= 11 is 1.83. The van der Waals surface area contributed by atoms with Gasteiger partial charge >= 0.3 is 0 Å². The van der Waals surface area contributed by atoms with Crippen LogP contribution < -0.4 is 10.6 Å². The highest BCUT2D eigenvalue weighted by atomic mass is 32.2. The number of hydrogen-bond acceptors (Lipinski definition) is 3. The third-order valence-electron chi connectivity index (χ3n) is 2.33. The third kappa shape index (κ3) is 8.67. The zero-order valence-electron chi connectivity index (χ0n) is 12.0. The number of carbonyl (C=O) groups is 1. The van der Waals surface area contributed by atoms with E-state index in [9.17, 15) is 4.79 Å². The maximum absolute atomic E-state index is 11.6. The number of thioether (sulfide) groups is 1. The van der Waals surface area contributed by atoms with E-state index in [1.807, 2.05) is 50.7 Å². The molecule has 0 saturated carbocycles. The van der Waals surface area contributed by atoms with Crippen molar-refractivity contribution in [2.45, 2.75) is 37.6 Å². The second-order valence-corrected chi connectivity index (χ2v) is 6.63. The van der Waals surface area contributed by atoms with Crippen molar-refractivity contribution in [3.63, 3.8) is 0 Å². The van der Waals surface area contributed by atoms with E-state index in [4.69, 9.17) is 0 Å². The van der Waals surface area contributed by atoms with Gasteiger partial charge in [-0.15, -0.1) is 11.8 Å². The molecule has 0 bridgehead atoms. The molecule has 0 aliphatic carbocycles. The van der Waals surface area contributed by atoms with Gasteiger partial charge in [-0.25, -0.2) is 0 Å². The largest absolute Gasteiger partial charge is 0.351 e. The Bertz CT molecular complexity index is 373. The van der Waals surface area contributed by atoms with Gasteiger partial charge in [-0.1, -0.05) is 18.2 Å². The molecule has 1 rings (SSSR count). The van der Waals surface area contributed by atoms with Crippen LogP contribution in [0.5, 0.6) is 0 Å². The number of rotatable bonds is 7. The average molecular weight is 280 g/mol. The van der Waals surface area contributed by atoms with Gasteiger partial charge in [-0.2, -0.15) is 0 Å². The number of amides is 1. The van der Waals surface area contributed by atoms with E-state index in [1.165, 1.54) is 4.90 Å². The van der Waals surface area contributed by atoms with Crippen LogP contribution in [0.1, 0.15) is 27.2 Å². The maximum atomic E-state index is 11.6. The Morgan fingerprint density at radius 1 is 1.16 bits per heavy atom. The molecule has 2 N–H and O–H groups in total. The molecular weight excluding hydrogens is 256 g/mol. The van der Waals surface area contributed by atoms with Crippen molar-refractivity contribution in [3.05, 3.63) is 30.3 Å². The Balaban J connectivity index is 2.01. The highest BCUT2D eigenvalue weighted by Crippen LogP contribution is 2.15. The predicted molar refractivity (Wildman–Crippen MR) is 82.5 cm³/mol. The molecule has 0 radical (unpaired) electrons. The summed E-state index contributed by atoms with van der Waals surface area (Å²) in [5.74, 6) is 1.13. The van der Waals surface area contributed by atoms with Gasteiger partial charge in [0.15, 0.2) is 0 Å². The number of benzene rings is 1. The van der Waals surface area contributed by atoms with Gasteiger partial charge < -0.3 is 10.6 Å². The topological polar surface area (TPSA) is 41.1 Å². The summed E-state index contributed by atoms with van der Waals surface area (Å²) in [4.78, 5) is 12.8. The van der Waals surface area contributed by atoms with Crippen LogP contribution in [0.2, 0.25) is 0 Å². The smallest absolute Gasteiger partial charge is 0.221 e. The fraction of sp³-hybridized carbons (Fsp3) is 0.533. The molecule has 1 aromatic carbocycles. The second kappa shape index (κ2) is 8.23. The summed E-state index contributed by atoms with van der Waals surface area (Å²) in [6, 6.07) is 10.3. The zero-order valence-corrected chi connectivity index (χ0v) is 12.8. The van der Waals surface area contributed by atoms with E-state index < -0.39 is 0 Å². The van der Waals surface area contributed by atoms with Crippen LogP contribution in [0, 0.1) is 0 Å². The molecule has 0 fully saturated rings. The van der Waals surface area contributed by atoms with Crippen LogP contribution >= 0.6 is 11.8 Å². The molecule has 0 heterocycles. The Kier molecular flexibility index (Phi) is 6.95. The molecule has 0 aromatic heterocycles. The second-order valence-electron chi connectivity index (χ2n) is 5.46. The standard InChI is InChI=1S/C15H24N2OS/c1-15(2,3)17-14(18)9-10-16-11-12-19-13-7-5-4-6-8-13/h4-8,16H,9-12H2,1-3H3,(H,17,18). The molecule has 0 spiro atoms. The lowest BCUT2D eigenvalue weighted by Crippen LogP contribution is -2.41. The normalized spacial score (nSPS) is 11.3. The molecular formula is C15H24N2OS. The quantitative estimate of drug-likeness (QED) is 0.596. The summed E-state index contributed by atoms with van der Waals surface area (Å²) in [5.41, 5.74) is -0.139. The molecule has 0 atom stereocenters. The first kappa shape index (κ1) is 16.1. The average Bonchev–Trinajstić information content (AvgIpc) is 2.32. The molecule has 1 aromatic rings. The first-order chi connectivity index (χ1) is 8.97. The van der Waals surface area contributed by atoms with Crippen LogP contribution in [-0.4, -0.2) is 30.3 Å². The molecule has 0 aliphatic rings. The van der Waals surface area contributed by atoms with Crippen molar-refractivity contribution in [2.24, 2.45) is 0 Å². The van der Waals surface area contributed by atoms with Crippen molar-refractivity contribution in [3.8, 4) is 0 Å². The fourth-order valence-electron chi connectivity index (χ4n) is 1.57. The molecule has 0 aliphatic heterocycles. The van der Waals surface area contributed by atoms with Crippen LogP contribution in [0.4, 0.5) is 0 Å². The highest BCUT2D eigenvalue weighted by Gasteiger charge is 2.12. The van der Waals surface area contributed by atoms with Gasteiger partial charge in [0.05, 0.1) is 0 Å². The number of nitrogens with one attached hydrogen (secondary N) is 2. The van der Waals surface area contributed by atoms with Gasteiger partial charge in [-0.3, -0.25) is 4.79 Å². The highest BCUT2D eigenvalue weighted by molar-refractivity contribution is 7.99. The van der Waals surface area contributed by atoms with Gasteiger partial charge in [0, 0.05) is 35.7 Å². The lowest BCUT2D eigenvalue weighted by molar-refractivity contribution is -0.122. The lowest BCUT2D eigenvalue weighted by Gasteiger charge is -2.20. The van der Waals surface area contributed by atoms with Crippen molar-refractivity contribution in [1.82, 2.24) is 10.6 Å². The first-order valence-corrected chi connectivity index (χ1v) is 7.65. The Morgan fingerprint density at radius 3 is 2.47 bits per heavy atom. The van der Waals surface area contributed by atoms with Gasteiger partial charge in [0.2, 0.25) is 5.91 Å². The zero-order chi connectivity index (χ0) is 14.1. The summed E-state index contributed by atoms with van der Waals surface area (Å²) in [7, 11) is 0. The molecule has 1 amide bonds. The molecule has 4 heteroatoms. The van der Waals surface area contributed by atoms with E-state index in [0.717, 1.165) is 18.8 Å². The molecule has 3 nitrogen and oxygen atoms in total. The van der Waals surface area contributed by atoms with Gasteiger partial charge in [0.25, 0.3) is 0 Å². The summed E-state index contributed by atoms with van der Waals surface area (Å²) in [6.07, 6.45) is 0.535. The molecule has 0 unspecified atom stereocenters. The molecule has 0 saturated heterocycles. The van der Waals surface area contributed by atoms with Gasteiger partial charge in [0.1, 0.15) is 0 Å². The van der Waals surface area contributed by atoms with E-state index in [0.29, 0.717) is 6.42 Å². The minimum atomic E-state index is -0.139. The van der Waals surface area contributed by atoms with Crippen molar-refractivity contribution in [2.75, 3.05) is 18.8 Å². The first-order valence-electron chi connectivity index (χ1n) is 6.67. The van der Waals surface area contributed by atoms with Crippen LogP contribution in [0.3, 0.4) is 0 Å². The molecule has 19 heavy (non-hydrogen) atoms. The van der Waals surface area contributed by atoms with Crippen LogP contribution in [-0.2, 0) is 4.79 Å². The Labute approximate surface area is 120 Å². The summed E-state index contributed by atoms with van der Waals surface area (Å²) < 4.78 is 0. The number of carbonyl (C=O) groups excluding carboxylic acids is 1. The minimum absolute atomic E-state index is 0.107. The fourth-order valence-corrected chi connectivity index (χ4v) is 2.40. The minimum Gasteiger partial charge on any atom is -0.351 e. The predicted octanol–water partition coefficient (Wildman–Crippen LogP) is 2.67. The SMILES string of the molecule is CC(C)(C)NC(=O)CCNCCSc1ccccc1. The van der Waals surface area contributed by atoms with E-state index in [1.54, 1.807) is 0 Å². The van der Waals surface area contributed by atoms with Crippen LogP contribution in [0.25, 0.3) is 0 Å².